The van der Waals surface area contributed by atoms with E-state index in [1.807, 2.05) is 24.0 Å². The fourth-order valence-corrected chi connectivity index (χ4v) is 2.99. The van der Waals surface area contributed by atoms with E-state index in [1.54, 1.807) is 23.0 Å². The Labute approximate surface area is 123 Å². The highest BCUT2D eigenvalue weighted by atomic mass is 16.1. The zero-order chi connectivity index (χ0) is 14.7. The standard InChI is InChI=1S/C15H21N5O/c1-19-14(8-10-17-19)11-16-12-4-6-13(7-5-12)20-15(21)3-2-9-18-20/h2-3,8-10,12-13,16H,4-7,11H2,1H3. The average Bonchev–Trinajstić information content (AvgIpc) is 2.92. The molecule has 2 aromatic rings. The molecule has 6 heteroatoms. The van der Waals surface area contributed by atoms with E-state index in [1.165, 1.54) is 5.69 Å². The Balaban J connectivity index is 1.52. The summed E-state index contributed by atoms with van der Waals surface area (Å²) in [6.45, 7) is 0.843. The van der Waals surface area contributed by atoms with Gasteiger partial charge in [0.05, 0.1) is 11.7 Å². The van der Waals surface area contributed by atoms with Gasteiger partial charge in [-0.15, -0.1) is 0 Å². The van der Waals surface area contributed by atoms with Gasteiger partial charge in [-0.2, -0.15) is 10.2 Å². The molecule has 0 radical (unpaired) electrons. The first-order chi connectivity index (χ1) is 10.2. The third-order valence-corrected chi connectivity index (χ3v) is 4.28. The van der Waals surface area contributed by atoms with E-state index in [2.05, 4.69) is 15.5 Å². The molecule has 0 aliphatic heterocycles. The van der Waals surface area contributed by atoms with Crippen molar-refractivity contribution < 1.29 is 0 Å². The normalized spacial score (nSPS) is 22.3. The molecule has 2 heterocycles. The highest BCUT2D eigenvalue weighted by Gasteiger charge is 2.23. The summed E-state index contributed by atoms with van der Waals surface area (Å²) in [7, 11) is 1.96. The second-order valence-corrected chi connectivity index (χ2v) is 5.64. The molecular weight excluding hydrogens is 266 g/mol. The van der Waals surface area contributed by atoms with Gasteiger partial charge in [0.25, 0.3) is 5.56 Å². The Bertz CT molecular complexity index is 639. The van der Waals surface area contributed by atoms with Crippen LogP contribution in [0.3, 0.4) is 0 Å². The van der Waals surface area contributed by atoms with E-state index in [4.69, 9.17) is 0 Å². The molecule has 21 heavy (non-hydrogen) atoms. The molecule has 1 saturated carbocycles. The summed E-state index contributed by atoms with van der Waals surface area (Å²) in [6, 6.07) is 6.06. The Morgan fingerprint density at radius 3 is 2.67 bits per heavy atom. The highest BCUT2D eigenvalue weighted by Crippen LogP contribution is 2.26. The van der Waals surface area contributed by atoms with E-state index in [0.29, 0.717) is 6.04 Å². The molecule has 112 valence electrons. The van der Waals surface area contributed by atoms with E-state index < -0.39 is 0 Å². The molecule has 0 amide bonds. The molecule has 2 aromatic heterocycles. The van der Waals surface area contributed by atoms with Crippen LogP contribution in [0.25, 0.3) is 0 Å². The first kappa shape index (κ1) is 14.0. The average molecular weight is 287 g/mol. The first-order valence-corrected chi connectivity index (χ1v) is 7.48. The fraction of sp³-hybridized carbons (Fsp3) is 0.533. The van der Waals surface area contributed by atoms with Crippen molar-refractivity contribution in [3.8, 4) is 0 Å². The number of aromatic nitrogens is 4. The summed E-state index contributed by atoms with van der Waals surface area (Å²) in [6.07, 6.45) is 7.66. The van der Waals surface area contributed by atoms with Crippen LogP contribution in [0.5, 0.6) is 0 Å². The van der Waals surface area contributed by atoms with Gasteiger partial charge in [-0.05, 0) is 37.8 Å². The third kappa shape index (κ3) is 3.21. The van der Waals surface area contributed by atoms with Crippen LogP contribution in [0.4, 0.5) is 0 Å². The fourth-order valence-electron chi connectivity index (χ4n) is 2.99. The van der Waals surface area contributed by atoms with E-state index in [0.717, 1.165) is 32.2 Å². The minimum Gasteiger partial charge on any atom is -0.308 e. The molecule has 1 fully saturated rings. The van der Waals surface area contributed by atoms with Crippen LogP contribution in [0, 0.1) is 0 Å². The minimum atomic E-state index is 0.00351. The third-order valence-electron chi connectivity index (χ3n) is 4.28. The number of nitrogens with zero attached hydrogens (tertiary/aromatic N) is 4. The van der Waals surface area contributed by atoms with Crippen LogP contribution in [0.1, 0.15) is 37.4 Å². The lowest BCUT2D eigenvalue weighted by Gasteiger charge is -2.29. The number of hydrogen-bond acceptors (Lipinski definition) is 4. The van der Waals surface area contributed by atoms with Crippen LogP contribution >= 0.6 is 0 Å². The second kappa shape index (κ2) is 6.22. The molecule has 6 nitrogen and oxygen atoms in total. The van der Waals surface area contributed by atoms with Crippen LogP contribution in [-0.2, 0) is 13.6 Å². The lowest BCUT2D eigenvalue weighted by Crippen LogP contribution is -2.36. The monoisotopic (exact) mass is 287 g/mol. The molecule has 0 spiro atoms. The highest BCUT2D eigenvalue weighted by molar-refractivity contribution is 4.99. The van der Waals surface area contributed by atoms with Crippen LogP contribution in [-0.4, -0.2) is 25.6 Å². The van der Waals surface area contributed by atoms with Gasteiger partial charge >= 0.3 is 0 Å². The molecule has 0 aromatic carbocycles. The Morgan fingerprint density at radius 2 is 2.00 bits per heavy atom. The molecular formula is C15H21N5O. The largest absolute Gasteiger partial charge is 0.308 e. The van der Waals surface area contributed by atoms with Gasteiger partial charge in [-0.25, -0.2) is 4.68 Å². The summed E-state index contributed by atoms with van der Waals surface area (Å²) < 4.78 is 3.53. The smallest absolute Gasteiger partial charge is 0.266 e. The number of hydrogen-bond donors (Lipinski definition) is 1. The van der Waals surface area contributed by atoms with Crippen molar-refractivity contribution in [2.45, 2.75) is 44.3 Å². The summed E-state index contributed by atoms with van der Waals surface area (Å²) in [5.41, 5.74) is 1.20. The predicted octanol–water partition coefficient (Wildman–Crippen LogP) is 1.25. The van der Waals surface area contributed by atoms with Crippen LogP contribution in [0.2, 0.25) is 0 Å². The summed E-state index contributed by atoms with van der Waals surface area (Å²) in [4.78, 5) is 11.8. The van der Waals surface area contributed by atoms with Crippen LogP contribution in [0.15, 0.2) is 35.4 Å². The van der Waals surface area contributed by atoms with Crippen molar-refractivity contribution in [1.29, 1.82) is 0 Å². The van der Waals surface area contributed by atoms with Gasteiger partial charge < -0.3 is 5.32 Å². The minimum absolute atomic E-state index is 0.00351. The molecule has 0 atom stereocenters. The lowest BCUT2D eigenvalue weighted by molar-refractivity contribution is 0.267. The molecule has 1 aliphatic rings. The van der Waals surface area contributed by atoms with Gasteiger partial charge in [-0.1, -0.05) is 0 Å². The topological polar surface area (TPSA) is 64.7 Å². The molecule has 1 N–H and O–H groups in total. The van der Waals surface area contributed by atoms with E-state index in [9.17, 15) is 4.79 Å². The van der Waals surface area contributed by atoms with Crippen molar-refractivity contribution in [3.05, 3.63) is 46.6 Å². The number of aryl methyl sites for hydroxylation is 1. The summed E-state index contributed by atoms with van der Waals surface area (Å²) in [5.74, 6) is 0. The Kier molecular flexibility index (Phi) is 4.15. The maximum atomic E-state index is 11.8. The number of nitrogens with one attached hydrogen (secondary N) is 1. The zero-order valence-electron chi connectivity index (χ0n) is 12.3. The van der Waals surface area contributed by atoms with Gasteiger partial charge in [0.15, 0.2) is 0 Å². The molecule has 0 saturated heterocycles. The maximum Gasteiger partial charge on any atom is 0.266 e. The number of rotatable bonds is 4. The van der Waals surface area contributed by atoms with Gasteiger partial charge in [0.2, 0.25) is 0 Å². The zero-order valence-corrected chi connectivity index (χ0v) is 12.3. The Morgan fingerprint density at radius 1 is 1.19 bits per heavy atom. The molecule has 0 unspecified atom stereocenters. The SMILES string of the molecule is Cn1nccc1CNC1CCC(n2ncccc2=O)CC1. The van der Waals surface area contributed by atoms with Gasteiger partial charge in [0, 0.05) is 38.1 Å². The van der Waals surface area contributed by atoms with Gasteiger partial charge in [0.1, 0.15) is 0 Å². The van der Waals surface area contributed by atoms with Crippen molar-refractivity contribution in [1.82, 2.24) is 24.9 Å². The maximum absolute atomic E-state index is 11.8. The van der Waals surface area contributed by atoms with Crippen LogP contribution < -0.4 is 10.9 Å². The summed E-state index contributed by atoms with van der Waals surface area (Å²) >= 11 is 0. The molecule has 1 aliphatic carbocycles. The van der Waals surface area contributed by atoms with Gasteiger partial charge in [-0.3, -0.25) is 9.48 Å². The summed E-state index contributed by atoms with van der Waals surface area (Å²) in [5, 5.41) is 12.0. The van der Waals surface area contributed by atoms with Crippen molar-refractivity contribution in [3.63, 3.8) is 0 Å². The predicted molar refractivity (Wildman–Crippen MR) is 79.8 cm³/mol. The van der Waals surface area contributed by atoms with E-state index in [-0.39, 0.29) is 11.6 Å². The molecule has 0 bridgehead atoms. The van der Waals surface area contributed by atoms with Crippen molar-refractivity contribution in [2.75, 3.05) is 0 Å². The van der Waals surface area contributed by atoms with Crippen molar-refractivity contribution in [2.24, 2.45) is 7.05 Å². The quantitative estimate of drug-likeness (QED) is 0.919. The first-order valence-electron chi connectivity index (χ1n) is 7.48. The second-order valence-electron chi connectivity index (χ2n) is 5.64. The lowest BCUT2D eigenvalue weighted by atomic mass is 9.91. The molecule has 3 rings (SSSR count). The van der Waals surface area contributed by atoms with Crippen molar-refractivity contribution >= 4 is 0 Å². The Hall–Kier alpha value is -1.95. The van der Waals surface area contributed by atoms with E-state index >= 15 is 0 Å².